The van der Waals surface area contributed by atoms with E-state index in [9.17, 15) is 18.0 Å². The molecule has 0 heterocycles. The Kier molecular flexibility index (Phi) is 9.09. The minimum atomic E-state index is -3.74. The number of nitrogens with one attached hydrogen (secondary N) is 1. The molecular weight excluding hydrogens is 450 g/mol. The van der Waals surface area contributed by atoms with Gasteiger partial charge in [0.2, 0.25) is 21.8 Å². The van der Waals surface area contributed by atoms with Crippen LogP contribution in [0.1, 0.15) is 31.9 Å². The highest BCUT2D eigenvalue weighted by Gasteiger charge is 2.30. The molecular formula is C23H30ClN3O4S. The quantitative estimate of drug-likeness (QED) is 0.566. The molecule has 1 atom stereocenters. The molecule has 7 nitrogen and oxygen atoms in total. The topological polar surface area (TPSA) is 86.8 Å². The van der Waals surface area contributed by atoms with Gasteiger partial charge in [0.05, 0.1) is 11.9 Å². The second-order valence-corrected chi connectivity index (χ2v) is 9.79. The zero-order valence-electron chi connectivity index (χ0n) is 18.8. The Labute approximate surface area is 195 Å². The third kappa shape index (κ3) is 6.71. The van der Waals surface area contributed by atoms with E-state index in [1.807, 2.05) is 19.1 Å². The van der Waals surface area contributed by atoms with Crippen molar-refractivity contribution in [1.82, 2.24) is 10.2 Å². The Hall–Kier alpha value is -2.58. The van der Waals surface area contributed by atoms with E-state index in [1.165, 1.54) is 4.90 Å². The van der Waals surface area contributed by atoms with E-state index in [2.05, 4.69) is 5.32 Å². The summed E-state index contributed by atoms with van der Waals surface area (Å²) >= 11 is 6.28. The third-order valence-corrected chi connectivity index (χ3v) is 6.64. The van der Waals surface area contributed by atoms with Gasteiger partial charge in [-0.2, -0.15) is 0 Å². The minimum absolute atomic E-state index is 0.0726. The van der Waals surface area contributed by atoms with Crippen LogP contribution in [-0.2, 0) is 32.6 Å². The molecule has 174 valence electrons. The number of hydrogen-bond donors (Lipinski definition) is 1. The summed E-state index contributed by atoms with van der Waals surface area (Å²) in [4.78, 5) is 27.2. The Bertz CT molecular complexity index is 1040. The highest BCUT2D eigenvalue weighted by Crippen LogP contribution is 2.22. The van der Waals surface area contributed by atoms with Gasteiger partial charge in [-0.05, 0) is 49.6 Å². The average molecular weight is 480 g/mol. The van der Waals surface area contributed by atoms with E-state index in [4.69, 9.17) is 11.6 Å². The highest BCUT2D eigenvalue weighted by atomic mass is 35.5. The predicted octanol–water partition coefficient (Wildman–Crippen LogP) is 3.22. The largest absolute Gasteiger partial charge is 0.355 e. The third-order valence-electron chi connectivity index (χ3n) is 5.13. The van der Waals surface area contributed by atoms with Gasteiger partial charge in [0, 0.05) is 18.1 Å². The number of carbonyl (C=O) groups excluding carboxylic acids is 2. The van der Waals surface area contributed by atoms with E-state index in [-0.39, 0.29) is 12.5 Å². The zero-order valence-corrected chi connectivity index (χ0v) is 20.4. The standard InChI is InChI=1S/C23H30ClN3O4S/c1-5-18-11-13-20(14-12-18)27(32(4,30)31)16-22(28)26(17(3)23(29)25-6-2)15-19-9-7-8-10-21(19)24/h7-14,17H,5-6,15-16H2,1-4H3,(H,25,29). The minimum Gasteiger partial charge on any atom is -0.355 e. The number of nitrogens with zero attached hydrogens (tertiary/aromatic N) is 2. The number of halogens is 1. The second kappa shape index (κ2) is 11.3. The maximum absolute atomic E-state index is 13.4. The number of amides is 2. The number of anilines is 1. The van der Waals surface area contributed by atoms with Crippen LogP contribution in [0.25, 0.3) is 0 Å². The molecule has 0 fully saturated rings. The van der Waals surface area contributed by atoms with Gasteiger partial charge in [-0.15, -0.1) is 0 Å². The van der Waals surface area contributed by atoms with Gasteiger partial charge < -0.3 is 10.2 Å². The summed E-state index contributed by atoms with van der Waals surface area (Å²) in [5, 5.41) is 3.17. The van der Waals surface area contributed by atoms with Crippen molar-refractivity contribution in [3.63, 3.8) is 0 Å². The fraction of sp³-hybridized carbons (Fsp3) is 0.391. The summed E-state index contributed by atoms with van der Waals surface area (Å²) in [5.74, 6) is -0.834. The Morgan fingerprint density at radius 3 is 2.22 bits per heavy atom. The van der Waals surface area contributed by atoms with Crippen LogP contribution in [-0.4, -0.2) is 50.5 Å². The van der Waals surface area contributed by atoms with E-state index in [0.29, 0.717) is 22.8 Å². The smallest absolute Gasteiger partial charge is 0.244 e. The summed E-state index contributed by atoms with van der Waals surface area (Å²) in [6.45, 7) is 5.46. The van der Waals surface area contributed by atoms with Gasteiger partial charge in [0.15, 0.2) is 0 Å². The van der Waals surface area contributed by atoms with E-state index < -0.39 is 28.5 Å². The first-order chi connectivity index (χ1) is 15.1. The van der Waals surface area contributed by atoms with E-state index in [0.717, 1.165) is 22.5 Å². The summed E-state index contributed by atoms with van der Waals surface area (Å²) in [7, 11) is -3.74. The molecule has 2 amide bonds. The van der Waals surface area contributed by atoms with Gasteiger partial charge in [-0.25, -0.2) is 8.42 Å². The number of rotatable bonds is 10. The lowest BCUT2D eigenvalue weighted by Crippen LogP contribution is -2.51. The molecule has 9 heteroatoms. The SMILES string of the molecule is CCNC(=O)C(C)N(Cc1ccccc1Cl)C(=O)CN(c1ccc(CC)cc1)S(C)(=O)=O. The number of benzene rings is 2. The fourth-order valence-electron chi connectivity index (χ4n) is 3.23. The molecule has 0 aliphatic heterocycles. The zero-order chi connectivity index (χ0) is 23.9. The van der Waals surface area contributed by atoms with Crippen LogP contribution < -0.4 is 9.62 Å². The molecule has 0 saturated carbocycles. The molecule has 0 aliphatic rings. The van der Waals surface area contributed by atoms with Gasteiger partial charge in [0.25, 0.3) is 0 Å². The van der Waals surface area contributed by atoms with Crippen molar-refractivity contribution in [1.29, 1.82) is 0 Å². The summed E-state index contributed by atoms with van der Waals surface area (Å²) in [6.07, 6.45) is 1.87. The van der Waals surface area contributed by atoms with Crippen molar-refractivity contribution in [2.75, 3.05) is 23.7 Å². The maximum Gasteiger partial charge on any atom is 0.244 e. The van der Waals surface area contributed by atoms with Crippen LogP contribution in [0.15, 0.2) is 48.5 Å². The number of hydrogen-bond acceptors (Lipinski definition) is 4. The first-order valence-corrected chi connectivity index (χ1v) is 12.7. The molecule has 0 radical (unpaired) electrons. The molecule has 0 aliphatic carbocycles. The van der Waals surface area contributed by atoms with Crippen LogP contribution >= 0.6 is 11.6 Å². The molecule has 0 spiro atoms. The van der Waals surface area contributed by atoms with Crippen LogP contribution in [0.5, 0.6) is 0 Å². The highest BCUT2D eigenvalue weighted by molar-refractivity contribution is 7.92. The van der Waals surface area contributed by atoms with Gasteiger partial charge >= 0.3 is 0 Å². The van der Waals surface area contributed by atoms with Crippen molar-refractivity contribution < 1.29 is 18.0 Å². The van der Waals surface area contributed by atoms with Crippen molar-refractivity contribution in [2.45, 2.75) is 39.8 Å². The Morgan fingerprint density at radius 2 is 1.69 bits per heavy atom. The summed E-state index contributed by atoms with van der Waals surface area (Å²) < 4.78 is 26.1. The van der Waals surface area contributed by atoms with E-state index in [1.54, 1.807) is 50.2 Å². The summed E-state index contributed by atoms with van der Waals surface area (Å²) in [5.41, 5.74) is 2.11. The van der Waals surface area contributed by atoms with Gasteiger partial charge in [0.1, 0.15) is 12.6 Å². The lowest BCUT2D eigenvalue weighted by atomic mass is 10.1. The van der Waals surface area contributed by atoms with Crippen molar-refractivity contribution in [3.05, 3.63) is 64.7 Å². The molecule has 32 heavy (non-hydrogen) atoms. The molecule has 0 aromatic heterocycles. The van der Waals surface area contributed by atoms with Gasteiger partial charge in [-0.1, -0.05) is 48.9 Å². The van der Waals surface area contributed by atoms with Crippen molar-refractivity contribution in [2.24, 2.45) is 0 Å². The van der Waals surface area contributed by atoms with Crippen LogP contribution in [0.3, 0.4) is 0 Å². The molecule has 2 aromatic carbocycles. The number of carbonyl (C=O) groups is 2. The molecule has 0 saturated heterocycles. The predicted molar refractivity (Wildman–Crippen MR) is 128 cm³/mol. The number of aryl methyl sites for hydroxylation is 1. The molecule has 0 bridgehead atoms. The van der Waals surface area contributed by atoms with Gasteiger partial charge in [-0.3, -0.25) is 13.9 Å². The Balaban J connectivity index is 2.38. The average Bonchev–Trinajstić information content (AvgIpc) is 2.75. The second-order valence-electron chi connectivity index (χ2n) is 7.47. The van der Waals surface area contributed by atoms with Crippen molar-refractivity contribution in [3.8, 4) is 0 Å². The molecule has 2 rings (SSSR count). The van der Waals surface area contributed by atoms with E-state index >= 15 is 0 Å². The maximum atomic E-state index is 13.4. The number of likely N-dealkylation sites (N-methyl/N-ethyl adjacent to an activating group) is 1. The lowest BCUT2D eigenvalue weighted by molar-refractivity contribution is -0.139. The summed E-state index contributed by atoms with van der Waals surface area (Å²) in [6, 6.07) is 13.2. The first-order valence-electron chi connectivity index (χ1n) is 10.5. The normalized spacial score (nSPS) is 12.2. The fourth-order valence-corrected chi connectivity index (χ4v) is 4.27. The number of sulfonamides is 1. The molecule has 2 aromatic rings. The molecule has 1 N–H and O–H groups in total. The van der Waals surface area contributed by atoms with Crippen molar-refractivity contribution >= 4 is 39.1 Å². The Morgan fingerprint density at radius 1 is 1.06 bits per heavy atom. The first kappa shape index (κ1) is 25.7. The monoisotopic (exact) mass is 479 g/mol. The van der Waals surface area contributed by atoms with Crippen LogP contribution in [0.2, 0.25) is 5.02 Å². The lowest BCUT2D eigenvalue weighted by Gasteiger charge is -2.31. The van der Waals surface area contributed by atoms with Crippen LogP contribution in [0.4, 0.5) is 5.69 Å². The van der Waals surface area contributed by atoms with Crippen LogP contribution in [0, 0.1) is 0 Å². The molecule has 1 unspecified atom stereocenters.